The highest BCUT2D eigenvalue weighted by atomic mass is 32.1. The van der Waals surface area contributed by atoms with Gasteiger partial charge in [-0.15, -0.1) is 11.3 Å². The number of pyridine rings is 1. The fraction of sp³-hybridized carbons (Fsp3) is 0.125. The lowest BCUT2D eigenvalue weighted by Gasteiger charge is -2.15. The fourth-order valence-electron chi connectivity index (χ4n) is 1.48. The highest BCUT2D eigenvalue weighted by Gasteiger charge is 2.12. The Morgan fingerprint density at radius 3 is 3.25 bits per heavy atom. The van der Waals surface area contributed by atoms with E-state index in [1.165, 1.54) is 16.8 Å². The van der Waals surface area contributed by atoms with Gasteiger partial charge in [0.2, 0.25) is 0 Å². The molecule has 4 heteroatoms. The highest BCUT2D eigenvalue weighted by Crippen LogP contribution is 2.36. The van der Waals surface area contributed by atoms with Crippen LogP contribution in [0.15, 0.2) is 17.6 Å². The van der Waals surface area contributed by atoms with Gasteiger partial charge in [-0.3, -0.25) is 0 Å². The Hall–Kier alpha value is -1.29. The maximum Gasteiger partial charge on any atom is 0.127 e. The summed E-state index contributed by atoms with van der Waals surface area (Å²) in [4.78, 5) is 5.38. The first kappa shape index (κ1) is 6.25. The van der Waals surface area contributed by atoms with Gasteiger partial charge in [0, 0.05) is 17.3 Å². The minimum absolute atomic E-state index is 0.808. The molecule has 0 unspecified atom stereocenters. The largest absolute Gasteiger partial charge is 0.367 e. The third-order valence-electron chi connectivity index (χ3n) is 2.03. The predicted molar refractivity (Wildman–Crippen MR) is 51.7 cm³/mol. The molecule has 0 fully saturated rings. The zero-order chi connectivity index (χ0) is 7.97. The molecule has 60 valence electrons. The monoisotopic (exact) mass is 177 g/mol. The smallest absolute Gasteiger partial charge is 0.127 e. The third kappa shape index (κ3) is 0.674. The molecule has 2 aromatic heterocycles. The summed E-state index contributed by atoms with van der Waals surface area (Å²) in [6, 6.07) is 2.01. The molecule has 2 aromatic rings. The van der Waals surface area contributed by atoms with Gasteiger partial charge < -0.3 is 10.6 Å². The molecule has 12 heavy (non-hydrogen) atoms. The first-order valence-corrected chi connectivity index (χ1v) is 4.67. The number of hydrogen-bond donors (Lipinski definition) is 2. The predicted octanol–water partition coefficient (Wildman–Crippen LogP) is 2.09. The van der Waals surface area contributed by atoms with Crippen molar-refractivity contribution in [3.05, 3.63) is 17.6 Å². The van der Waals surface area contributed by atoms with Crippen LogP contribution in [0.2, 0.25) is 0 Å². The molecule has 3 nitrogen and oxygen atoms in total. The fourth-order valence-corrected chi connectivity index (χ4v) is 2.37. The zero-order valence-corrected chi connectivity index (χ0v) is 7.11. The van der Waals surface area contributed by atoms with Crippen LogP contribution in [0.4, 0.5) is 11.4 Å². The van der Waals surface area contributed by atoms with Gasteiger partial charge in [-0.2, -0.15) is 0 Å². The van der Waals surface area contributed by atoms with Crippen LogP contribution in [0.5, 0.6) is 0 Å². The van der Waals surface area contributed by atoms with Crippen molar-refractivity contribution >= 4 is 32.9 Å². The van der Waals surface area contributed by atoms with Crippen LogP contribution in [0.3, 0.4) is 0 Å². The number of nitrogens with zero attached hydrogens (tertiary/aromatic N) is 1. The van der Waals surface area contributed by atoms with Gasteiger partial charge in [0.05, 0.1) is 17.7 Å². The number of aromatic nitrogens is 1. The van der Waals surface area contributed by atoms with Crippen molar-refractivity contribution in [2.75, 3.05) is 17.3 Å². The van der Waals surface area contributed by atoms with Crippen LogP contribution >= 0.6 is 11.3 Å². The van der Waals surface area contributed by atoms with Gasteiger partial charge in [0.1, 0.15) is 4.83 Å². The van der Waals surface area contributed by atoms with E-state index in [0.29, 0.717) is 0 Å². The van der Waals surface area contributed by atoms with Crippen molar-refractivity contribution in [2.45, 2.75) is 0 Å². The lowest BCUT2D eigenvalue weighted by atomic mass is 10.2. The molecule has 0 atom stereocenters. The van der Waals surface area contributed by atoms with Crippen LogP contribution in [0, 0.1) is 0 Å². The Bertz CT molecular complexity index is 435. The zero-order valence-electron chi connectivity index (χ0n) is 6.29. The second-order valence-corrected chi connectivity index (χ2v) is 3.58. The Labute approximate surface area is 73.4 Å². The summed E-state index contributed by atoms with van der Waals surface area (Å²) < 4.78 is 0. The maximum atomic E-state index is 4.28. The molecule has 0 spiro atoms. The van der Waals surface area contributed by atoms with Crippen molar-refractivity contribution in [2.24, 2.45) is 0 Å². The van der Waals surface area contributed by atoms with Gasteiger partial charge in [-0.1, -0.05) is 0 Å². The molecule has 0 radical (unpaired) electrons. The van der Waals surface area contributed by atoms with E-state index in [1.54, 1.807) is 11.3 Å². The van der Waals surface area contributed by atoms with Crippen LogP contribution < -0.4 is 10.6 Å². The summed E-state index contributed by atoms with van der Waals surface area (Å²) in [6.45, 7) is 0.808. The normalized spacial score (nSPS) is 14.0. The summed E-state index contributed by atoms with van der Waals surface area (Å²) in [5.41, 5.74) is 2.40. The number of anilines is 2. The van der Waals surface area contributed by atoms with E-state index in [-0.39, 0.29) is 0 Å². The molecule has 0 saturated heterocycles. The molecule has 0 aromatic carbocycles. The van der Waals surface area contributed by atoms with Gasteiger partial charge in [0.25, 0.3) is 0 Å². The highest BCUT2D eigenvalue weighted by molar-refractivity contribution is 7.17. The Balaban J connectivity index is 2.50. The molecule has 0 bridgehead atoms. The van der Waals surface area contributed by atoms with Crippen molar-refractivity contribution < 1.29 is 0 Å². The summed E-state index contributed by atoms with van der Waals surface area (Å²) in [5, 5.41) is 9.88. The minimum Gasteiger partial charge on any atom is -0.367 e. The van der Waals surface area contributed by atoms with Crippen molar-refractivity contribution in [1.29, 1.82) is 0 Å². The molecule has 1 aliphatic rings. The second kappa shape index (κ2) is 2.10. The number of rotatable bonds is 0. The maximum absolute atomic E-state index is 4.28. The van der Waals surface area contributed by atoms with E-state index in [9.17, 15) is 0 Å². The first-order valence-electron chi connectivity index (χ1n) is 3.79. The van der Waals surface area contributed by atoms with E-state index >= 15 is 0 Å². The van der Waals surface area contributed by atoms with Crippen LogP contribution in [0.25, 0.3) is 10.2 Å². The molecule has 3 heterocycles. The average Bonchev–Trinajstić information content (AvgIpc) is 2.52. The lowest BCUT2D eigenvalue weighted by molar-refractivity contribution is 1.21. The second-order valence-electron chi connectivity index (χ2n) is 2.72. The molecule has 1 aliphatic heterocycles. The van der Waals surface area contributed by atoms with Gasteiger partial charge in [-0.25, -0.2) is 4.98 Å². The first-order chi connectivity index (χ1) is 5.95. The summed E-state index contributed by atoms with van der Waals surface area (Å²) in [5.74, 6) is 0. The van der Waals surface area contributed by atoms with E-state index < -0.39 is 0 Å². The molecular weight excluding hydrogens is 170 g/mol. The van der Waals surface area contributed by atoms with Crippen LogP contribution in [-0.4, -0.2) is 11.7 Å². The standard InChI is InChI=1S/C8H7N3S/c1-2-9-8-7-5(1)10-4-11-6(7)3-12-8/h1-3,10-11H,4H2. The topological polar surface area (TPSA) is 37.0 Å². The number of thiophene rings is 1. The van der Waals surface area contributed by atoms with Gasteiger partial charge in [0.15, 0.2) is 0 Å². The van der Waals surface area contributed by atoms with Crippen molar-refractivity contribution in [1.82, 2.24) is 4.98 Å². The molecular formula is C8H7N3S. The molecule has 2 N–H and O–H groups in total. The minimum atomic E-state index is 0.808. The van der Waals surface area contributed by atoms with Gasteiger partial charge >= 0.3 is 0 Å². The lowest BCUT2D eigenvalue weighted by Crippen LogP contribution is -2.15. The molecule has 3 rings (SSSR count). The Morgan fingerprint density at radius 2 is 2.25 bits per heavy atom. The molecule has 0 saturated carbocycles. The van der Waals surface area contributed by atoms with Gasteiger partial charge in [-0.05, 0) is 6.07 Å². The summed E-state index contributed by atoms with van der Waals surface area (Å²) >= 11 is 1.68. The van der Waals surface area contributed by atoms with Crippen LogP contribution in [-0.2, 0) is 0 Å². The van der Waals surface area contributed by atoms with E-state index in [4.69, 9.17) is 0 Å². The van der Waals surface area contributed by atoms with Crippen molar-refractivity contribution in [3.8, 4) is 0 Å². The van der Waals surface area contributed by atoms with E-state index in [1.807, 2.05) is 12.3 Å². The summed E-state index contributed by atoms with van der Waals surface area (Å²) in [6.07, 6.45) is 1.84. The van der Waals surface area contributed by atoms with Crippen molar-refractivity contribution in [3.63, 3.8) is 0 Å². The SMILES string of the molecule is c1cc2c3c(csc3n1)NCN2. The molecule has 0 aliphatic carbocycles. The Kier molecular flexibility index (Phi) is 1.10. The third-order valence-corrected chi connectivity index (χ3v) is 2.92. The average molecular weight is 177 g/mol. The quantitative estimate of drug-likeness (QED) is 0.647. The number of nitrogens with one attached hydrogen (secondary N) is 2. The summed E-state index contributed by atoms with van der Waals surface area (Å²) in [7, 11) is 0. The Morgan fingerprint density at radius 1 is 1.33 bits per heavy atom. The van der Waals surface area contributed by atoms with Crippen LogP contribution in [0.1, 0.15) is 0 Å². The van der Waals surface area contributed by atoms with E-state index in [2.05, 4.69) is 21.0 Å². The molecule has 0 amide bonds. The number of hydrogen-bond acceptors (Lipinski definition) is 4. The van der Waals surface area contributed by atoms with E-state index in [0.717, 1.165) is 11.5 Å².